The van der Waals surface area contributed by atoms with Crippen LogP contribution < -0.4 is 0 Å². The van der Waals surface area contributed by atoms with Crippen LogP contribution in [0.25, 0.3) is 10.8 Å². The van der Waals surface area contributed by atoms with Gasteiger partial charge in [0.05, 0.1) is 5.69 Å². The van der Waals surface area contributed by atoms with E-state index < -0.39 is 0 Å². The maximum Gasteiger partial charge on any atom is 0.0644 e. The monoisotopic (exact) mass is 279 g/mol. The molecule has 20 heavy (non-hydrogen) atoms. The molecule has 3 rings (SSSR count). The van der Waals surface area contributed by atoms with E-state index in [1.54, 1.807) is 0 Å². The lowest BCUT2D eigenvalue weighted by Crippen LogP contribution is -1.83. The average molecular weight is 280 g/mol. The Balaban J connectivity index is 2.00. The zero-order valence-corrected chi connectivity index (χ0v) is 11.9. The van der Waals surface area contributed by atoms with Crippen molar-refractivity contribution >= 4 is 34.3 Å². The number of rotatable bonds is 2. The minimum atomic E-state index is 0.748. The molecule has 0 fully saturated rings. The van der Waals surface area contributed by atoms with Crippen molar-refractivity contribution in [3.8, 4) is 0 Å². The standard InChI is InChI=1S/C18H14ClN/c1-13-9-10-16(11-18(13)19)20-12-15-7-4-6-14-5-2-3-8-17(14)15/h2-12H,1H3. The second-order valence-electron chi connectivity index (χ2n) is 4.76. The van der Waals surface area contributed by atoms with Crippen molar-refractivity contribution < 1.29 is 0 Å². The van der Waals surface area contributed by atoms with Gasteiger partial charge in [0.2, 0.25) is 0 Å². The first-order chi connectivity index (χ1) is 9.74. The lowest BCUT2D eigenvalue weighted by Gasteiger charge is -2.02. The summed E-state index contributed by atoms with van der Waals surface area (Å²) in [6.45, 7) is 1.99. The quantitative estimate of drug-likeness (QED) is 0.545. The molecule has 0 aliphatic rings. The molecular formula is C18H14ClN. The van der Waals surface area contributed by atoms with Crippen LogP contribution in [-0.4, -0.2) is 6.21 Å². The van der Waals surface area contributed by atoms with E-state index in [9.17, 15) is 0 Å². The zero-order valence-electron chi connectivity index (χ0n) is 11.2. The SMILES string of the molecule is Cc1ccc(N=Cc2cccc3ccccc23)cc1Cl. The van der Waals surface area contributed by atoms with E-state index >= 15 is 0 Å². The van der Waals surface area contributed by atoms with Crippen LogP contribution >= 0.6 is 11.6 Å². The predicted molar refractivity (Wildman–Crippen MR) is 87.4 cm³/mol. The average Bonchev–Trinajstić information content (AvgIpc) is 2.48. The van der Waals surface area contributed by atoms with Crippen molar-refractivity contribution in [2.24, 2.45) is 4.99 Å². The van der Waals surface area contributed by atoms with Crippen LogP contribution in [0.15, 0.2) is 65.7 Å². The summed E-state index contributed by atoms with van der Waals surface area (Å²) in [5, 5.41) is 3.17. The van der Waals surface area contributed by atoms with Gasteiger partial charge >= 0.3 is 0 Å². The normalized spacial score (nSPS) is 11.3. The Morgan fingerprint density at radius 3 is 2.60 bits per heavy atom. The van der Waals surface area contributed by atoms with Crippen LogP contribution in [0.5, 0.6) is 0 Å². The van der Waals surface area contributed by atoms with E-state index in [1.165, 1.54) is 10.8 Å². The van der Waals surface area contributed by atoms with Gasteiger partial charge in [-0.2, -0.15) is 0 Å². The summed E-state index contributed by atoms with van der Waals surface area (Å²) in [5.74, 6) is 0. The van der Waals surface area contributed by atoms with Gasteiger partial charge in [0.15, 0.2) is 0 Å². The van der Waals surface area contributed by atoms with Crippen molar-refractivity contribution in [2.75, 3.05) is 0 Å². The van der Waals surface area contributed by atoms with E-state index in [1.807, 2.05) is 49.5 Å². The van der Waals surface area contributed by atoms with Crippen LogP contribution in [-0.2, 0) is 0 Å². The molecular weight excluding hydrogens is 266 g/mol. The van der Waals surface area contributed by atoms with Gasteiger partial charge in [-0.25, -0.2) is 0 Å². The third-order valence-electron chi connectivity index (χ3n) is 3.33. The predicted octanol–water partition coefficient (Wildman–Crippen LogP) is 5.55. The third kappa shape index (κ3) is 2.59. The van der Waals surface area contributed by atoms with Gasteiger partial charge in [0.25, 0.3) is 0 Å². The highest BCUT2D eigenvalue weighted by atomic mass is 35.5. The summed E-state index contributed by atoms with van der Waals surface area (Å²) in [6.07, 6.45) is 1.89. The topological polar surface area (TPSA) is 12.4 Å². The molecule has 98 valence electrons. The number of hydrogen-bond acceptors (Lipinski definition) is 1. The molecule has 0 atom stereocenters. The Labute approximate surface area is 123 Å². The highest BCUT2D eigenvalue weighted by Gasteiger charge is 1.98. The van der Waals surface area contributed by atoms with E-state index in [0.717, 1.165) is 21.8 Å². The number of aliphatic imine (C=N–C) groups is 1. The highest BCUT2D eigenvalue weighted by Crippen LogP contribution is 2.23. The largest absolute Gasteiger partial charge is 0.256 e. The van der Waals surface area contributed by atoms with Gasteiger partial charge in [0, 0.05) is 16.8 Å². The molecule has 3 aromatic carbocycles. The van der Waals surface area contributed by atoms with Crippen LogP contribution in [0.3, 0.4) is 0 Å². The molecule has 0 heterocycles. The maximum absolute atomic E-state index is 6.12. The molecule has 0 aromatic heterocycles. The Morgan fingerprint density at radius 1 is 0.950 bits per heavy atom. The molecule has 2 heteroatoms. The first-order valence-electron chi connectivity index (χ1n) is 6.52. The smallest absolute Gasteiger partial charge is 0.0644 e. The number of aryl methyl sites for hydroxylation is 1. The maximum atomic E-state index is 6.12. The molecule has 1 nitrogen and oxygen atoms in total. The van der Waals surface area contributed by atoms with Gasteiger partial charge < -0.3 is 0 Å². The minimum absolute atomic E-state index is 0.748. The Bertz CT molecular complexity index is 785. The summed E-state index contributed by atoms with van der Waals surface area (Å²) in [6, 6.07) is 20.4. The lowest BCUT2D eigenvalue weighted by atomic mass is 10.1. The second-order valence-corrected chi connectivity index (χ2v) is 5.17. The Hall–Kier alpha value is -2.12. The summed E-state index contributed by atoms with van der Waals surface area (Å²) in [4.78, 5) is 4.52. The van der Waals surface area contributed by atoms with Gasteiger partial charge in [-0.1, -0.05) is 60.1 Å². The fourth-order valence-corrected chi connectivity index (χ4v) is 2.34. The summed E-state index contributed by atoms with van der Waals surface area (Å²) in [7, 11) is 0. The number of hydrogen-bond donors (Lipinski definition) is 0. The van der Waals surface area contributed by atoms with Gasteiger partial charge in [-0.05, 0) is 35.4 Å². The summed E-state index contributed by atoms with van der Waals surface area (Å²) >= 11 is 6.12. The van der Waals surface area contributed by atoms with Crippen LogP contribution in [0.1, 0.15) is 11.1 Å². The second kappa shape index (κ2) is 5.48. The molecule has 0 bridgehead atoms. The van der Waals surface area contributed by atoms with Crippen LogP contribution in [0.4, 0.5) is 5.69 Å². The van der Waals surface area contributed by atoms with Gasteiger partial charge in [0.1, 0.15) is 0 Å². The van der Waals surface area contributed by atoms with Gasteiger partial charge in [-0.3, -0.25) is 4.99 Å². The van der Waals surface area contributed by atoms with Crippen molar-refractivity contribution in [3.63, 3.8) is 0 Å². The summed E-state index contributed by atoms with van der Waals surface area (Å²) < 4.78 is 0. The van der Waals surface area contributed by atoms with Crippen molar-refractivity contribution in [1.82, 2.24) is 0 Å². The lowest BCUT2D eigenvalue weighted by molar-refractivity contribution is 1.44. The Kier molecular flexibility index (Phi) is 3.53. The fraction of sp³-hybridized carbons (Fsp3) is 0.0556. The molecule has 0 unspecified atom stereocenters. The Morgan fingerprint density at radius 2 is 1.75 bits per heavy atom. The van der Waals surface area contributed by atoms with Crippen molar-refractivity contribution in [1.29, 1.82) is 0 Å². The molecule has 0 spiro atoms. The number of benzene rings is 3. The first-order valence-corrected chi connectivity index (χ1v) is 6.90. The zero-order chi connectivity index (χ0) is 13.9. The summed E-state index contributed by atoms with van der Waals surface area (Å²) in [5.41, 5.74) is 3.05. The molecule has 0 N–H and O–H groups in total. The van der Waals surface area contributed by atoms with E-state index in [4.69, 9.17) is 11.6 Å². The van der Waals surface area contributed by atoms with Crippen molar-refractivity contribution in [3.05, 3.63) is 76.8 Å². The minimum Gasteiger partial charge on any atom is -0.256 e. The van der Waals surface area contributed by atoms with Gasteiger partial charge in [-0.15, -0.1) is 0 Å². The van der Waals surface area contributed by atoms with Crippen LogP contribution in [0.2, 0.25) is 5.02 Å². The van der Waals surface area contributed by atoms with E-state index in [2.05, 4.69) is 29.3 Å². The molecule has 3 aromatic rings. The van der Waals surface area contributed by atoms with Crippen molar-refractivity contribution in [2.45, 2.75) is 6.92 Å². The molecule has 0 radical (unpaired) electrons. The molecule has 0 saturated heterocycles. The molecule has 0 aliphatic heterocycles. The number of nitrogens with zero attached hydrogens (tertiary/aromatic N) is 1. The van der Waals surface area contributed by atoms with Crippen LogP contribution in [0, 0.1) is 6.92 Å². The molecule has 0 aliphatic carbocycles. The highest BCUT2D eigenvalue weighted by molar-refractivity contribution is 6.31. The fourth-order valence-electron chi connectivity index (χ4n) is 2.17. The molecule has 0 saturated carbocycles. The number of halogens is 1. The molecule has 0 amide bonds. The number of fused-ring (bicyclic) bond motifs is 1. The van der Waals surface area contributed by atoms with E-state index in [-0.39, 0.29) is 0 Å². The first kappa shape index (κ1) is 12.9. The third-order valence-corrected chi connectivity index (χ3v) is 3.74. The van der Waals surface area contributed by atoms with E-state index in [0.29, 0.717) is 0 Å².